The van der Waals surface area contributed by atoms with E-state index < -0.39 is 0 Å². The van der Waals surface area contributed by atoms with Crippen molar-refractivity contribution in [3.63, 3.8) is 0 Å². The molecule has 0 saturated carbocycles. The van der Waals surface area contributed by atoms with Gasteiger partial charge in [0.05, 0.1) is 11.2 Å². The molecule has 5 heteroatoms. The summed E-state index contributed by atoms with van der Waals surface area (Å²) in [4.78, 5) is 16.9. The third kappa shape index (κ3) is 4.49. The van der Waals surface area contributed by atoms with Gasteiger partial charge in [-0.2, -0.15) is 0 Å². The van der Waals surface area contributed by atoms with Crippen molar-refractivity contribution < 1.29 is 9.53 Å². The first-order valence-electron chi connectivity index (χ1n) is 8.44. The standard InChI is InChI=1S/C21H22N2O2S/c1-21(2,3)18-9-4-5-10-19(18)23-20(24)15-7-6-8-17(11-15)25-12-16-13-26-14-22-16/h4-11,13-14H,12H2,1-3H3,(H,23,24). The van der Waals surface area contributed by atoms with Crippen molar-refractivity contribution in [2.24, 2.45) is 0 Å². The Hall–Kier alpha value is -2.66. The number of aromatic nitrogens is 1. The van der Waals surface area contributed by atoms with Gasteiger partial charge in [-0.25, -0.2) is 4.98 Å². The highest BCUT2D eigenvalue weighted by Gasteiger charge is 2.19. The molecule has 1 N–H and O–H groups in total. The van der Waals surface area contributed by atoms with E-state index >= 15 is 0 Å². The van der Waals surface area contributed by atoms with Gasteiger partial charge in [0.25, 0.3) is 5.91 Å². The van der Waals surface area contributed by atoms with Crippen LogP contribution in [0.1, 0.15) is 42.4 Å². The molecule has 0 unspecified atom stereocenters. The summed E-state index contributed by atoms with van der Waals surface area (Å²) < 4.78 is 5.73. The van der Waals surface area contributed by atoms with Gasteiger partial charge in [-0.3, -0.25) is 4.79 Å². The molecule has 1 heterocycles. The van der Waals surface area contributed by atoms with E-state index in [4.69, 9.17) is 4.74 Å². The summed E-state index contributed by atoms with van der Waals surface area (Å²) in [5.74, 6) is 0.496. The van der Waals surface area contributed by atoms with Crippen molar-refractivity contribution in [2.45, 2.75) is 32.8 Å². The van der Waals surface area contributed by atoms with Gasteiger partial charge < -0.3 is 10.1 Å². The molecule has 0 atom stereocenters. The van der Waals surface area contributed by atoms with Gasteiger partial charge in [0.2, 0.25) is 0 Å². The minimum atomic E-state index is -0.152. The average molecular weight is 366 g/mol. The summed E-state index contributed by atoms with van der Waals surface area (Å²) in [6, 6.07) is 15.1. The van der Waals surface area contributed by atoms with Gasteiger partial charge in [0.15, 0.2) is 0 Å². The molecule has 1 aromatic heterocycles. The highest BCUT2D eigenvalue weighted by atomic mass is 32.1. The van der Waals surface area contributed by atoms with Crippen LogP contribution < -0.4 is 10.1 Å². The predicted octanol–water partition coefficient (Wildman–Crippen LogP) is 5.27. The maximum Gasteiger partial charge on any atom is 0.255 e. The topological polar surface area (TPSA) is 51.2 Å². The van der Waals surface area contributed by atoms with Crippen LogP contribution in [0.2, 0.25) is 0 Å². The van der Waals surface area contributed by atoms with Gasteiger partial charge in [-0.05, 0) is 35.2 Å². The Morgan fingerprint density at radius 2 is 1.96 bits per heavy atom. The van der Waals surface area contributed by atoms with Gasteiger partial charge in [0, 0.05) is 16.6 Å². The largest absolute Gasteiger partial charge is 0.487 e. The molecular weight excluding hydrogens is 344 g/mol. The van der Waals surface area contributed by atoms with E-state index in [1.807, 2.05) is 41.8 Å². The van der Waals surface area contributed by atoms with Crippen molar-refractivity contribution in [3.05, 3.63) is 76.2 Å². The monoisotopic (exact) mass is 366 g/mol. The summed E-state index contributed by atoms with van der Waals surface area (Å²) in [6.07, 6.45) is 0. The zero-order valence-electron chi connectivity index (χ0n) is 15.2. The minimum Gasteiger partial charge on any atom is -0.487 e. The maximum atomic E-state index is 12.7. The number of hydrogen-bond donors (Lipinski definition) is 1. The van der Waals surface area contributed by atoms with Crippen molar-refractivity contribution >= 4 is 22.9 Å². The number of thiazole rings is 1. The molecule has 4 nitrogen and oxygen atoms in total. The van der Waals surface area contributed by atoms with Crippen LogP contribution in [0.3, 0.4) is 0 Å². The molecule has 0 aliphatic carbocycles. The number of nitrogens with zero attached hydrogens (tertiary/aromatic N) is 1. The van der Waals surface area contributed by atoms with Crippen molar-refractivity contribution in [3.8, 4) is 5.75 Å². The van der Waals surface area contributed by atoms with Crippen LogP contribution in [0, 0.1) is 0 Å². The average Bonchev–Trinajstić information content (AvgIpc) is 3.13. The first kappa shape index (κ1) is 18.1. The van der Waals surface area contributed by atoms with E-state index in [1.54, 1.807) is 17.6 Å². The van der Waals surface area contributed by atoms with Gasteiger partial charge >= 0.3 is 0 Å². The van der Waals surface area contributed by atoms with Crippen LogP contribution in [0.5, 0.6) is 5.75 Å². The van der Waals surface area contributed by atoms with Crippen LogP contribution in [0.25, 0.3) is 0 Å². The van der Waals surface area contributed by atoms with Crippen LogP contribution >= 0.6 is 11.3 Å². The quantitative estimate of drug-likeness (QED) is 0.669. The first-order valence-corrected chi connectivity index (χ1v) is 9.38. The lowest BCUT2D eigenvalue weighted by atomic mass is 9.86. The van der Waals surface area contributed by atoms with Crippen molar-refractivity contribution in [1.82, 2.24) is 4.98 Å². The number of carbonyl (C=O) groups is 1. The molecule has 0 fully saturated rings. The normalized spacial score (nSPS) is 11.2. The second-order valence-corrected chi connectivity index (χ2v) is 7.76. The molecule has 0 aliphatic rings. The maximum absolute atomic E-state index is 12.7. The van der Waals surface area contributed by atoms with Crippen LogP contribution in [0.4, 0.5) is 5.69 Å². The molecule has 1 amide bonds. The van der Waals surface area contributed by atoms with E-state index in [2.05, 4.69) is 31.1 Å². The zero-order chi connectivity index (χ0) is 18.6. The fraction of sp³-hybridized carbons (Fsp3) is 0.238. The number of ether oxygens (including phenoxy) is 1. The minimum absolute atomic E-state index is 0.0532. The summed E-state index contributed by atoms with van der Waals surface area (Å²) >= 11 is 1.53. The molecule has 0 saturated heterocycles. The second kappa shape index (κ2) is 7.70. The summed E-state index contributed by atoms with van der Waals surface area (Å²) in [5.41, 5.74) is 5.09. The third-order valence-electron chi connectivity index (χ3n) is 3.95. The Kier molecular flexibility index (Phi) is 5.38. The van der Waals surface area contributed by atoms with E-state index in [0.29, 0.717) is 17.9 Å². The van der Waals surface area contributed by atoms with Crippen molar-refractivity contribution in [2.75, 3.05) is 5.32 Å². The van der Waals surface area contributed by atoms with Gasteiger partial charge in [-0.1, -0.05) is 45.0 Å². The third-order valence-corrected chi connectivity index (χ3v) is 4.58. The van der Waals surface area contributed by atoms with Crippen LogP contribution in [-0.2, 0) is 12.0 Å². The van der Waals surface area contributed by atoms with E-state index in [9.17, 15) is 4.79 Å². The fourth-order valence-electron chi connectivity index (χ4n) is 2.63. The Morgan fingerprint density at radius 1 is 1.15 bits per heavy atom. The number of nitrogens with one attached hydrogen (secondary N) is 1. The molecule has 26 heavy (non-hydrogen) atoms. The number of anilines is 1. The highest BCUT2D eigenvalue weighted by Crippen LogP contribution is 2.29. The predicted molar refractivity (Wildman–Crippen MR) is 106 cm³/mol. The lowest BCUT2D eigenvalue weighted by Crippen LogP contribution is -2.18. The molecule has 2 aromatic carbocycles. The fourth-order valence-corrected chi connectivity index (χ4v) is 3.18. The Bertz CT molecular complexity index is 883. The number of para-hydroxylation sites is 1. The molecule has 0 aliphatic heterocycles. The molecule has 134 valence electrons. The van der Waals surface area contributed by atoms with Crippen LogP contribution in [0.15, 0.2) is 59.4 Å². The summed E-state index contributed by atoms with van der Waals surface area (Å²) in [5, 5.41) is 4.97. The number of carbonyl (C=O) groups excluding carboxylic acids is 1. The second-order valence-electron chi connectivity index (χ2n) is 7.05. The highest BCUT2D eigenvalue weighted by molar-refractivity contribution is 7.07. The van der Waals surface area contributed by atoms with E-state index in [1.165, 1.54) is 11.3 Å². The SMILES string of the molecule is CC(C)(C)c1ccccc1NC(=O)c1cccc(OCc2cscn2)c1. The molecular formula is C21H22N2O2S. The summed E-state index contributed by atoms with van der Waals surface area (Å²) in [6.45, 7) is 6.78. The number of rotatable bonds is 5. The lowest BCUT2D eigenvalue weighted by Gasteiger charge is -2.23. The Labute approximate surface area is 157 Å². The Balaban J connectivity index is 1.74. The zero-order valence-corrected chi connectivity index (χ0v) is 16.0. The van der Waals surface area contributed by atoms with Crippen molar-refractivity contribution in [1.29, 1.82) is 0 Å². The Morgan fingerprint density at radius 3 is 2.69 bits per heavy atom. The smallest absolute Gasteiger partial charge is 0.255 e. The van der Waals surface area contributed by atoms with Gasteiger partial charge in [0.1, 0.15) is 12.4 Å². The van der Waals surface area contributed by atoms with Crippen LogP contribution in [-0.4, -0.2) is 10.9 Å². The van der Waals surface area contributed by atoms with E-state index in [0.717, 1.165) is 16.9 Å². The molecule has 0 bridgehead atoms. The number of benzene rings is 2. The molecule has 0 spiro atoms. The van der Waals surface area contributed by atoms with E-state index in [-0.39, 0.29) is 11.3 Å². The van der Waals surface area contributed by atoms with Gasteiger partial charge in [-0.15, -0.1) is 11.3 Å². The molecule has 3 rings (SSSR count). The molecule has 0 radical (unpaired) electrons. The molecule has 3 aromatic rings. The number of amides is 1. The lowest BCUT2D eigenvalue weighted by molar-refractivity contribution is 0.102. The number of hydrogen-bond acceptors (Lipinski definition) is 4. The first-order chi connectivity index (χ1) is 12.4. The summed E-state index contributed by atoms with van der Waals surface area (Å²) in [7, 11) is 0.